The number of ether oxygens (including phenoxy) is 3. The molecule has 1 saturated carbocycles. The van der Waals surface area contributed by atoms with Crippen LogP contribution in [0.2, 0.25) is 0 Å². The predicted molar refractivity (Wildman–Crippen MR) is 143 cm³/mol. The van der Waals surface area contributed by atoms with Crippen molar-refractivity contribution in [1.82, 2.24) is 15.8 Å². The lowest BCUT2D eigenvalue weighted by molar-refractivity contribution is 0.297. The number of aromatic nitrogens is 1. The van der Waals surface area contributed by atoms with Crippen LogP contribution in [-0.2, 0) is 13.0 Å². The second-order valence-corrected chi connectivity index (χ2v) is 9.89. The third-order valence-electron chi connectivity index (χ3n) is 7.20. The van der Waals surface area contributed by atoms with Crippen LogP contribution in [0.4, 0.5) is 0 Å². The molecule has 2 heterocycles. The van der Waals surface area contributed by atoms with Crippen LogP contribution >= 0.6 is 0 Å². The van der Waals surface area contributed by atoms with E-state index in [9.17, 15) is 0 Å². The Labute approximate surface area is 214 Å². The van der Waals surface area contributed by atoms with Gasteiger partial charge in [-0.3, -0.25) is 0 Å². The number of methoxy groups -OCH3 is 2. The molecule has 1 aromatic heterocycles. The fourth-order valence-corrected chi connectivity index (χ4v) is 4.70. The molecule has 2 N–H and O–H groups in total. The SMILES string of the molecule is CNCc1ccc(OC)cc1OC.Cc1c(OCC2CC2)ccc2c(CCC3CCNCC3)noc12. The van der Waals surface area contributed by atoms with E-state index >= 15 is 0 Å². The van der Waals surface area contributed by atoms with Crippen LogP contribution in [0.15, 0.2) is 34.9 Å². The fourth-order valence-electron chi connectivity index (χ4n) is 4.70. The molecule has 0 spiro atoms. The third kappa shape index (κ3) is 6.92. The molecule has 1 saturated heterocycles. The summed E-state index contributed by atoms with van der Waals surface area (Å²) in [6.07, 6.45) is 7.42. The molecule has 0 radical (unpaired) electrons. The summed E-state index contributed by atoms with van der Waals surface area (Å²) < 4.78 is 21.9. The van der Waals surface area contributed by atoms with Gasteiger partial charge >= 0.3 is 0 Å². The quantitative estimate of drug-likeness (QED) is 0.396. The van der Waals surface area contributed by atoms with E-state index in [1.165, 1.54) is 32.1 Å². The Morgan fingerprint density at radius 2 is 1.81 bits per heavy atom. The van der Waals surface area contributed by atoms with Crippen molar-refractivity contribution in [2.24, 2.45) is 11.8 Å². The maximum absolute atomic E-state index is 5.94. The zero-order valence-corrected chi connectivity index (χ0v) is 22.2. The summed E-state index contributed by atoms with van der Waals surface area (Å²) in [6, 6.07) is 10.0. The third-order valence-corrected chi connectivity index (χ3v) is 7.20. The van der Waals surface area contributed by atoms with Crippen molar-refractivity contribution in [3.8, 4) is 17.2 Å². The standard InChI is InChI=1S/C19H26N2O2.C10H15NO2/c1-13-18(22-12-15-2-3-15)7-5-16-17(21-23-19(13)16)6-4-14-8-10-20-11-9-14;1-11-7-8-4-5-9(12-2)6-10(8)13-3/h5,7,14-15,20H,2-4,6,8-12H2,1H3;4-6,11H,7H2,1-3H3. The lowest BCUT2D eigenvalue weighted by Gasteiger charge is -2.21. The molecule has 2 aromatic carbocycles. The highest BCUT2D eigenvalue weighted by molar-refractivity contribution is 5.84. The van der Waals surface area contributed by atoms with Crippen LogP contribution in [0.1, 0.15) is 48.9 Å². The summed E-state index contributed by atoms with van der Waals surface area (Å²) in [5, 5.41) is 12.0. The van der Waals surface area contributed by atoms with Gasteiger partial charge in [0, 0.05) is 29.1 Å². The predicted octanol–water partition coefficient (Wildman–Crippen LogP) is 5.28. The van der Waals surface area contributed by atoms with Gasteiger partial charge in [0.05, 0.1) is 26.5 Å². The Kier molecular flexibility index (Phi) is 9.47. The topological polar surface area (TPSA) is 77.8 Å². The van der Waals surface area contributed by atoms with Gasteiger partial charge in [-0.25, -0.2) is 0 Å². The van der Waals surface area contributed by atoms with E-state index in [1.54, 1.807) is 14.2 Å². The van der Waals surface area contributed by atoms with Gasteiger partial charge in [0.15, 0.2) is 5.58 Å². The summed E-state index contributed by atoms with van der Waals surface area (Å²) in [5.74, 6) is 4.21. The summed E-state index contributed by atoms with van der Waals surface area (Å²) >= 11 is 0. The van der Waals surface area contributed by atoms with Crippen molar-refractivity contribution in [3.05, 3.63) is 47.2 Å². The molecule has 2 fully saturated rings. The molecule has 0 atom stereocenters. The summed E-state index contributed by atoms with van der Waals surface area (Å²) in [7, 11) is 5.21. The van der Waals surface area contributed by atoms with Crippen LogP contribution in [-0.4, -0.2) is 46.1 Å². The Hall–Kier alpha value is -2.77. The highest BCUT2D eigenvalue weighted by Gasteiger charge is 2.23. The molecule has 3 aromatic rings. The van der Waals surface area contributed by atoms with Crippen LogP contribution in [0.3, 0.4) is 0 Å². The fraction of sp³-hybridized carbons (Fsp3) is 0.552. The van der Waals surface area contributed by atoms with Gasteiger partial charge in [0.1, 0.15) is 17.2 Å². The summed E-state index contributed by atoms with van der Waals surface area (Å²) in [6.45, 7) is 6.03. The average Bonchev–Trinajstić information content (AvgIpc) is 3.66. The van der Waals surface area contributed by atoms with E-state index in [-0.39, 0.29) is 0 Å². The van der Waals surface area contributed by atoms with Crippen LogP contribution in [0, 0.1) is 18.8 Å². The minimum atomic E-state index is 0.764. The smallest absolute Gasteiger partial charge is 0.173 e. The number of nitrogens with zero attached hydrogens (tertiary/aromatic N) is 1. The first-order valence-electron chi connectivity index (χ1n) is 13.2. The first kappa shape index (κ1) is 26.3. The maximum Gasteiger partial charge on any atom is 0.173 e. The Morgan fingerprint density at radius 3 is 2.50 bits per heavy atom. The number of benzene rings is 2. The van der Waals surface area contributed by atoms with Gasteiger partial charge in [-0.05, 0) is 95.6 Å². The van der Waals surface area contributed by atoms with Gasteiger partial charge in [0.2, 0.25) is 0 Å². The van der Waals surface area contributed by atoms with Crippen LogP contribution in [0.25, 0.3) is 11.0 Å². The number of nitrogens with one attached hydrogen (secondary N) is 2. The van der Waals surface area contributed by atoms with E-state index in [0.717, 1.165) is 89.5 Å². The number of aryl methyl sites for hydroxylation is 2. The number of piperidine rings is 1. The first-order chi connectivity index (χ1) is 17.6. The number of rotatable bonds is 10. The Balaban J connectivity index is 0.000000200. The monoisotopic (exact) mass is 495 g/mol. The lowest BCUT2D eigenvalue weighted by atomic mass is 9.92. The molecule has 0 amide bonds. The minimum Gasteiger partial charge on any atom is -0.497 e. The van der Waals surface area contributed by atoms with Crippen molar-refractivity contribution < 1.29 is 18.7 Å². The zero-order chi connectivity index (χ0) is 25.3. The molecule has 196 valence electrons. The highest BCUT2D eigenvalue weighted by atomic mass is 16.5. The van der Waals surface area contributed by atoms with Gasteiger partial charge in [-0.1, -0.05) is 11.2 Å². The van der Waals surface area contributed by atoms with E-state index in [1.807, 2.05) is 25.2 Å². The molecule has 36 heavy (non-hydrogen) atoms. The molecular formula is C29H41N3O4. The highest BCUT2D eigenvalue weighted by Crippen LogP contribution is 2.34. The molecule has 2 aliphatic rings. The number of hydrogen-bond donors (Lipinski definition) is 2. The molecule has 1 aliphatic carbocycles. The molecule has 7 nitrogen and oxygen atoms in total. The van der Waals surface area contributed by atoms with Crippen molar-refractivity contribution in [1.29, 1.82) is 0 Å². The molecule has 7 heteroatoms. The Bertz CT molecular complexity index is 1100. The average molecular weight is 496 g/mol. The number of fused-ring (bicyclic) bond motifs is 1. The normalized spacial score (nSPS) is 15.9. The Morgan fingerprint density at radius 1 is 1.00 bits per heavy atom. The number of hydrogen-bond acceptors (Lipinski definition) is 7. The van der Waals surface area contributed by atoms with Gasteiger partial charge in [-0.15, -0.1) is 0 Å². The van der Waals surface area contributed by atoms with E-state index in [2.05, 4.69) is 34.8 Å². The van der Waals surface area contributed by atoms with Gasteiger partial charge < -0.3 is 29.4 Å². The van der Waals surface area contributed by atoms with E-state index in [0.29, 0.717) is 0 Å². The molecule has 5 rings (SSSR count). The lowest BCUT2D eigenvalue weighted by Crippen LogP contribution is -2.27. The maximum atomic E-state index is 5.94. The minimum absolute atomic E-state index is 0.764. The van der Waals surface area contributed by atoms with E-state index in [4.69, 9.17) is 18.7 Å². The van der Waals surface area contributed by atoms with Crippen molar-refractivity contribution in [2.75, 3.05) is 41.0 Å². The van der Waals surface area contributed by atoms with Crippen molar-refractivity contribution >= 4 is 11.0 Å². The summed E-state index contributed by atoms with van der Waals surface area (Å²) in [5.41, 5.74) is 4.23. The summed E-state index contributed by atoms with van der Waals surface area (Å²) in [4.78, 5) is 0. The largest absolute Gasteiger partial charge is 0.497 e. The molecule has 0 unspecified atom stereocenters. The van der Waals surface area contributed by atoms with Crippen LogP contribution < -0.4 is 24.8 Å². The molecule has 0 bridgehead atoms. The van der Waals surface area contributed by atoms with Crippen molar-refractivity contribution in [2.45, 2.75) is 52.0 Å². The second kappa shape index (κ2) is 13.0. The van der Waals surface area contributed by atoms with Crippen molar-refractivity contribution in [3.63, 3.8) is 0 Å². The first-order valence-corrected chi connectivity index (χ1v) is 13.2. The van der Waals surface area contributed by atoms with Gasteiger partial charge in [-0.2, -0.15) is 0 Å². The van der Waals surface area contributed by atoms with Crippen LogP contribution in [0.5, 0.6) is 17.2 Å². The second-order valence-electron chi connectivity index (χ2n) is 9.89. The molecule has 1 aliphatic heterocycles. The van der Waals surface area contributed by atoms with Gasteiger partial charge in [0.25, 0.3) is 0 Å². The van der Waals surface area contributed by atoms with E-state index < -0.39 is 0 Å². The zero-order valence-electron chi connectivity index (χ0n) is 22.2. The molecular weight excluding hydrogens is 454 g/mol.